The Morgan fingerprint density at radius 2 is 1.76 bits per heavy atom. The highest BCUT2D eigenvalue weighted by molar-refractivity contribution is 5.96. The molecule has 2 aromatic carbocycles. The van der Waals surface area contributed by atoms with Crippen LogP contribution in [0.5, 0.6) is 0 Å². The predicted octanol–water partition coefficient (Wildman–Crippen LogP) is 4.63. The van der Waals surface area contributed by atoms with Gasteiger partial charge in [-0.05, 0) is 67.6 Å². The summed E-state index contributed by atoms with van der Waals surface area (Å²) < 4.78 is 14.4. The number of benzene rings is 2. The second kappa shape index (κ2) is 7.79. The molecule has 2 aromatic rings. The molecule has 1 atom stereocenters. The van der Waals surface area contributed by atoms with E-state index in [2.05, 4.69) is 5.32 Å². The number of nitrogens with one attached hydrogen (secondary N) is 1. The van der Waals surface area contributed by atoms with E-state index in [-0.39, 0.29) is 23.7 Å². The monoisotopic (exact) mass is 343 g/mol. The van der Waals surface area contributed by atoms with Gasteiger partial charge in [-0.2, -0.15) is 0 Å². The van der Waals surface area contributed by atoms with Gasteiger partial charge in [0.05, 0.1) is 6.10 Å². The Morgan fingerprint density at radius 1 is 1.08 bits per heavy atom. The second-order valence-corrected chi connectivity index (χ2v) is 7.14. The zero-order valence-corrected chi connectivity index (χ0v) is 15.4. The lowest BCUT2D eigenvalue weighted by Gasteiger charge is -2.18. The molecule has 1 amide bonds. The summed E-state index contributed by atoms with van der Waals surface area (Å²) in [7, 11) is 0. The molecule has 0 radical (unpaired) electrons. The molecule has 0 aliphatic heterocycles. The predicted molar refractivity (Wildman–Crippen MR) is 99.0 cm³/mol. The largest absolute Gasteiger partial charge is 0.388 e. The third kappa shape index (κ3) is 4.67. The summed E-state index contributed by atoms with van der Waals surface area (Å²) in [5, 5.41) is 13.3. The van der Waals surface area contributed by atoms with Crippen LogP contribution in [0.2, 0.25) is 0 Å². The summed E-state index contributed by atoms with van der Waals surface area (Å²) >= 11 is 0. The number of aliphatic hydroxyl groups is 1. The van der Waals surface area contributed by atoms with Gasteiger partial charge in [-0.3, -0.25) is 4.79 Å². The highest BCUT2D eigenvalue weighted by atomic mass is 19.1. The van der Waals surface area contributed by atoms with Gasteiger partial charge < -0.3 is 10.4 Å². The van der Waals surface area contributed by atoms with E-state index in [1.54, 1.807) is 24.3 Å². The SMILES string of the molecule is Cc1ccc(-c2cc(C(=O)NC(C)C)cc(C(O)C(C)C)c2)c(F)c1. The van der Waals surface area contributed by atoms with Crippen molar-refractivity contribution in [3.05, 3.63) is 58.9 Å². The first-order valence-corrected chi connectivity index (χ1v) is 8.59. The molecular formula is C21H26FNO2. The number of amides is 1. The zero-order chi connectivity index (χ0) is 18.7. The molecule has 0 heterocycles. The van der Waals surface area contributed by atoms with E-state index in [1.807, 2.05) is 40.7 Å². The van der Waals surface area contributed by atoms with Crippen LogP contribution in [0, 0.1) is 18.7 Å². The molecule has 3 nitrogen and oxygen atoms in total. The molecule has 2 N–H and O–H groups in total. The lowest BCUT2D eigenvalue weighted by atomic mass is 9.92. The van der Waals surface area contributed by atoms with Crippen molar-refractivity contribution < 1.29 is 14.3 Å². The fourth-order valence-electron chi connectivity index (χ4n) is 2.69. The highest BCUT2D eigenvalue weighted by Crippen LogP contribution is 2.30. The molecule has 0 saturated heterocycles. The Hall–Kier alpha value is -2.20. The molecule has 0 spiro atoms. The van der Waals surface area contributed by atoms with Crippen LogP contribution in [0.15, 0.2) is 36.4 Å². The first kappa shape index (κ1) is 19.1. The Bertz CT molecular complexity index is 768. The van der Waals surface area contributed by atoms with E-state index in [1.165, 1.54) is 6.07 Å². The van der Waals surface area contributed by atoms with E-state index in [0.717, 1.165) is 5.56 Å². The molecule has 0 fully saturated rings. The van der Waals surface area contributed by atoms with Crippen LogP contribution in [0.25, 0.3) is 11.1 Å². The quantitative estimate of drug-likeness (QED) is 0.831. The topological polar surface area (TPSA) is 49.3 Å². The third-order valence-electron chi connectivity index (χ3n) is 4.05. The molecule has 2 rings (SSSR count). The van der Waals surface area contributed by atoms with Crippen molar-refractivity contribution in [2.45, 2.75) is 46.8 Å². The fourth-order valence-corrected chi connectivity index (χ4v) is 2.69. The number of aliphatic hydroxyl groups excluding tert-OH is 1. The van der Waals surface area contributed by atoms with Gasteiger partial charge in [0.25, 0.3) is 5.91 Å². The Labute approximate surface area is 148 Å². The number of rotatable bonds is 5. The first-order valence-electron chi connectivity index (χ1n) is 8.59. The first-order chi connectivity index (χ1) is 11.7. The van der Waals surface area contributed by atoms with Gasteiger partial charge in [0.2, 0.25) is 0 Å². The smallest absolute Gasteiger partial charge is 0.251 e. The standard InChI is InChI=1S/C21H26FNO2/c1-12(2)20(24)16-9-15(18-7-6-14(5)8-19(18)22)10-17(11-16)21(25)23-13(3)4/h6-13,20,24H,1-5H3,(H,23,25). The van der Waals surface area contributed by atoms with Crippen LogP contribution in [0.1, 0.15) is 55.3 Å². The summed E-state index contributed by atoms with van der Waals surface area (Å²) in [6.45, 7) is 9.39. The zero-order valence-electron chi connectivity index (χ0n) is 15.4. The number of hydrogen-bond donors (Lipinski definition) is 2. The molecule has 0 aliphatic carbocycles. The van der Waals surface area contributed by atoms with Crippen molar-refractivity contribution >= 4 is 5.91 Å². The lowest BCUT2D eigenvalue weighted by Crippen LogP contribution is -2.30. The number of aryl methyl sites for hydroxylation is 1. The maximum absolute atomic E-state index is 14.4. The van der Waals surface area contributed by atoms with Crippen molar-refractivity contribution in [1.29, 1.82) is 0 Å². The minimum absolute atomic E-state index is 0.00857. The van der Waals surface area contributed by atoms with Gasteiger partial charge in [-0.1, -0.05) is 26.0 Å². The number of hydrogen-bond acceptors (Lipinski definition) is 2. The van der Waals surface area contributed by atoms with Crippen molar-refractivity contribution in [3.8, 4) is 11.1 Å². The van der Waals surface area contributed by atoms with Crippen LogP contribution >= 0.6 is 0 Å². The van der Waals surface area contributed by atoms with E-state index in [4.69, 9.17) is 0 Å². The molecule has 1 unspecified atom stereocenters. The normalized spacial score (nSPS) is 12.5. The minimum Gasteiger partial charge on any atom is -0.388 e. The summed E-state index contributed by atoms with van der Waals surface area (Å²) in [5.74, 6) is -0.591. The van der Waals surface area contributed by atoms with Gasteiger partial charge in [0.1, 0.15) is 5.82 Å². The molecule has 25 heavy (non-hydrogen) atoms. The van der Waals surface area contributed by atoms with E-state index in [0.29, 0.717) is 22.3 Å². The number of carbonyl (C=O) groups is 1. The minimum atomic E-state index is -0.723. The van der Waals surface area contributed by atoms with Crippen LogP contribution < -0.4 is 5.32 Å². The van der Waals surface area contributed by atoms with Crippen molar-refractivity contribution in [1.82, 2.24) is 5.32 Å². The Kier molecular flexibility index (Phi) is 5.96. The van der Waals surface area contributed by atoms with Crippen LogP contribution in [0.3, 0.4) is 0 Å². The van der Waals surface area contributed by atoms with E-state index in [9.17, 15) is 14.3 Å². The molecule has 0 aliphatic rings. The molecule has 0 aromatic heterocycles. The van der Waals surface area contributed by atoms with E-state index < -0.39 is 6.10 Å². The van der Waals surface area contributed by atoms with Gasteiger partial charge in [0, 0.05) is 17.2 Å². The molecule has 0 bridgehead atoms. The molecular weight excluding hydrogens is 317 g/mol. The molecule has 0 saturated carbocycles. The summed E-state index contributed by atoms with van der Waals surface area (Å²) in [4.78, 5) is 12.4. The van der Waals surface area contributed by atoms with Crippen molar-refractivity contribution in [2.24, 2.45) is 5.92 Å². The van der Waals surface area contributed by atoms with Gasteiger partial charge in [0.15, 0.2) is 0 Å². The maximum Gasteiger partial charge on any atom is 0.251 e. The maximum atomic E-state index is 14.4. The summed E-state index contributed by atoms with van der Waals surface area (Å²) in [6.07, 6.45) is -0.723. The third-order valence-corrected chi connectivity index (χ3v) is 4.05. The average molecular weight is 343 g/mol. The van der Waals surface area contributed by atoms with Gasteiger partial charge >= 0.3 is 0 Å². The number of halogens is 1. The van der Waals surface area contributed by atoms with Crippen LogP contribution in [-0.4, -0.2) is 17.1 Å². The Morgan fingerprint density at radius 3 is 2.32 bits per heavy atom. The van der Waals surface area contributed by atoms with Crippen LogP contribution in [0.4, 0.5) is 4.39 Å². The fraction of sp³-hybridized carbons (Fsp3) is 0.381. The van der Waals surface area contributed by atoms with Crippen LogP contribution in [-0.2, 0) is 0 Å². The van der Waals surface area contributed by atoms with Crippen molar-refractivity contribution in [3.63, 3.8) is 0 Å². The number of carbonyl (C=O) groups excluding carboxylic acids is 1. The lowest BCUT2D eigenvalue weighted by molar-refractivity contribution is 0.0942. The molecule has 4 heteroatoms. The van der Waals surface area contributed by atoms with Gasteiger partial charge in [-0.15, -0.1) is 0 Å². The highest BCUT2D eigenvalue weighted by Gasteiger charge is 2.18. The molecule has 134 valence electrons. The van der Waals surface area contributed by atoms with E-state index >= 15 is 0 Å². The van der Waals surface area contributed by atoms with Gasteiger partial charge in [-0.25, -0.2) is 4.39 Å². The second-order valence-electron chi connectivity index (χ2n) is 7.14. The van der Waals surface area contributed by atoms with Crippen molar-refractivity contribution in [2.75, 3.05) is 0 Å². The average Bonchev–Trinajstić information content (AvgIpc) is 2.52. The summed E-state index contributed by atoms with van der Waals surface area (Å²) in [5.41, 5.74) is 2.87. The summed E-state index contributed by atoms with van der Waals surface area (Å²) in [6, 6.07) is 10.1. The Balaban J connectivity index is 2.58.